The number of carbonyl (C=O) groups excluding carboxylic acids is 2. The van der Waals surface area contributed by atoms with Gasteiger partial charge < -0.3 is 10.5 Å². The average Bonchev–Trinajstić information content (AvgIpc) is 3.55. The number of rotatable bonds is 7. The Hall–Kier alpha value is -4.98. The number of carbonyl (C=O) groups is 2. The lowest BCUT2D eigenvalue weighted by Crippen LogP contribution is -2.46. The van der Waals surface area contributed by atoms with Gasteiger partial charge in [-0.3, -0.25) is 18.9 Å². The zero-order valence-electron chi connectivity index (χ0n) is 23.2. The highest BCUT2D eigenvalue weighted by Gasteiger charge is 2.45. The molecule has 0 saturated heterocycles. The fraction of sp³-hybridized carbons (Fsp3) is 0.235. The largest absolute Gasteiger partial charge is 0.489 e. The summed E-state index contributed by atoms with van der Waals surface area (Å²) < 4.78 is 8.13. The molecule has 1 aliphatic carbocycles. The monoisotopic (exact) mass is 557 g/mol. The number of anilines is 1. The van der Waals surface area contributed by atoms with Crippen LogP contribution in [0.5, 0.6) is 5.75 Å². The van der Waals surface area contributed by atoms with Crippen LogP contribution in [0.25, 0.3) is 16.8 Å². The van der Waals surface area contributed by atoms with E-state index in [0.29, 0.717) is 34.8 Å². The lowest BCUT2D eigenvalue weighted by Gasteiger charge is -2.38. The number of aromatic nitrogens is 3. The van der Waals surface area contributed by atoms with Crippen LogP contribution in [0, 0.1) is 0 Å². The zero-order valence-corrected chi connectivity index (χ0v) is 23.2. The highest BCUT2D eigenvalue weighted by atomic mass is 16.5. The number of nitrogens with zero attached hydrogens (tertiary/aromatic N) is 4. The molecule has 3 aromatic carbocycles. The molecular weight excluding hydrogens is 526 g/mol. The van der Waals surface area contributed by atoms with Crippen molar-refractivity contribution in [2.45, 2.75) is 44.1 Å². The maximum Gasteiger partial charge on any atom is 0.261 e. The van der Waals surface area contributed by atoms with Gasteiger partial charge in [0.25, 0.3) is 11.8 Å². The first kappa shape index (κ1) is 26.0. The fourth-order valence-electron chi connectivity index (χ4n) is 6.48. The summed E-state index contributed by atoms with van der Waals surface area (Å²) >= 11 is 0. The van der Waals surface area contributed by atoms with E-state index in [4.69, 9.17) is 15.5 Å². The second-order valence-electron chi connectivity index (χ2n) is 11.2. The number of imide groups is 1. The Morgan fingerprint density at radius 1 is 0.857 bits per heavy atom. The summed E-state index contributed by atoms with van der Waals surface area (Å²) in [6, 6.07) is 24.9. The molecule has 0 bridgehead atoms. The van der Waals surface area contributed by atoms with Gasteiger partial charge in [0.05, 0.1) is 11.1 Å². The van der Waals surface area contributed by atoms with E-state index in [0.717, 1.165) is 54.8 Å². The van der Waals surface area contributed by atoms with Crippen LogP contribution >= 0.6 is 0 Å². The molecule has 210 valence electrons. The summed E-state index contributed by atoms with van der Waals surface area (Å²) in [5, 5.41) is 0. The molecule has 0 radical (unpaired) electrons. The van der Waals surface area contributed by atoms with Crippen molar-refractivity contribution in [3.63, 3.8) is 0 Å². The van der Waals surface area contributed by atoms with E-state index in [-0.39, 0.29) is 18.4 Å². The molecule has 2 aromatic heterocycles. The number of ether oxygens (including phenoxy) is 1. The molecule has 42 heavy (non-hydrogen) atoms. The summed E-state index contributed by atoms with van der Waals surface area (Å²) in [7, 11) is 0. The van der Waals surface area contributed by atoms with Crippen molar-refractivity contribution in [1.29, 1.82) is 0 Å². The summed E-state index contributed by atoms with van der Waals surface area (Å²) in [5.41, 5.74) is 10.2. The molecule has 5 aromatic rings. The third kappa shape index (κ3) is 4.40. The van der Waals surface area contributed by atoms with Gasteiger partial charge in [-0.05, 0) is 42.7 Å². The predicted octanol–water partition coefficient (Wildman–Crippen LogP) is 6.06. The number of fused-ring (bicyclic) bond motifs is 2. The Morgan fingerprint density at radius 3 is 2.31 bits per heavy atom. The van der Waals surface area contributed by atoms with E-state index in [9.17, 15) is 9.59 Å². The van der Waals surface area contributed by atoms with E-state index >= 15 is 0 Å². The van der Waals surface area contributed by atoms with Gasteiger partial charge in [-0.2, -0.15) is 0 Å². The van der Waals surface area contributed by atoms with Crippen LogP contribution in [-0.2, 0) is 12.0 Å². The van der Waals surface area contributed by atoms with Crippen LogP contribution in [0.4, 0.5) is 5.82 Å². The SMILES string of the molecule is Nc1nccn2c(C3(CN4C(=O)c5ccccc5C4=O)CCCCC3)nc(-c3cccc(OCc4ccccc4)c3)c12. The summed E-state index contributed by atoms with van der Waals surface area (Å²) in [4.78, 5) is 37.9. The molecule has 2 amide bonds. The first-order valence-electron chi connectivity index (χ1n) is 14.4. The van der Waals surface area contributed by atoms with E-state index in [1.165, 1.54) is 4.90 Å². The van der Waals surface area contributed by atoms with Crippen molar-refractivity contribution >= 4 is 23.1 Å². The second-order valence-corrected chi connectivity index (χ2v) is 11.2. The maximum atomic E-state index is 13.4. The first-order valence-corrected chi connectivity index (χ1v) is 14.4. The molecule has 2 aliphatic rings. The Labute approximate surface area is 243 Å². The molecular formula is C34H31N5O3. The molecule has 8 heteroatoms. The number of nitrogens with two attached hydrogens (primary N) is 1. The van der Waals surface area contributed by atoms with Crippen molar-refractivity contribution in [1.82, 2.24) is 19.3 Å². The van der Waals surface area contributed by atoms with Crippen molar-refractivity contribution in [2.24, 2.45) is 0 Å². The van der Waals surface area contributed by atoms with Crippen LogP contribution < -0.4 is 10.5 Å². The molecule has 0 unspecified atom stereocenters. The van der Waals surface area contributed by atoms with E-state index in [1.54, 1.807) is 30.5 Å². The number of amides is 2. The van der Waals surface area contributed by atoms with Gasteiger partial charge in [-0.1, -0.05) is 73.9 Å². The number of imidazole rings is 1. The van der Waals surface area contributed by atoms with Gasteiger partial charge in [0, 0.05) is 29.9 Å². The Balaban J connectivity index is 1.30. The topological polar surface area (TPSA) is 103 Å². The van der Waals surface area contributed by atoms with Crippen LogP contribution in [0.1, 0.15) is 64.2 Å². The minimum atomic E-state index is -0.526. The van der Waals surface area contributed by atoms with Crippen molar-refractivity contribution in [3.8, 4) is 17.0 Å². The second kappa shape index (κ2) is 10.4. The molecule has 7 rings (SSSR count). The maximum absolute atomic E-state index is 13.4. The van der Waals surface area contributed by atoms with Gasteiger partial charge in [-0.15, -0.1) is 0 Å². The minimum Gasteiger partial charge on any atom is -0.489 e. The normalized spacial score (nSPS) is 16.1. The van der Waals surface area contributed by atoms with Crippen LogP contribution in [0.3, 0.4) is 0 Å². The molecule has 0 spiro atoms. The smallest absolute Gasteiger partial charge is 0.261 e. The van der Waals surface area contributed by atoms with Crippen LogP contribution in [0.2, 0.25) is 0 Å². The van der Waals surface area contributed by atoms with E-state index < -0.39 is 5.41 Å². The Kier molecular flexibility index (Phi) is 6.46. The number of nitrogen functional groups attached to an aromatic ring is 1. The standard InChI is InChI=1S/C34H31N5O3/c35-30-29-28(24-12-9-13-25(20-24)42-21-23-10-3-1-4-11-23)37-33(38(29)19-18-36-30)34(16-7-2-8-17-34)22-39-31(40)26-14-5-6-15-27(26)32(39)41/h1,3-6,9-15,18-20H,2,7-8,16-17,21-22H2,(H2,35,36). The molecule has 1 aliphatic heterocycles. The molecule has 1 fully saturated rings. The average molecular weight is 558 g/mol. The van der Waals surface area contributed by atoms with E-state index in [1.807, 2.05) is 65.2 Å². The first-order chi connectivity index (χ1) is 20.5. The molecule has 3 heterocycles. The van der Waals surface area contributed by atoms with Gasteiger partial charge in [0.1, 0.15) is 35.2 Å². The summed E-state index contributed by atoms with van der Waals surface area (Å²) in [6.45, 7) is 0.715. The van der Waals surface area contributed by atoms with Crippen molar-refractivity contribution in [3.05, 3.63) is 114 Å². The molecule has 1 saturated carbocycles. The van der Waals surface area contributed by atoms with Gasteiger partial charge in [-0.25, -0.2) is 9.97 Å². The van der Waals surface area contributed by atoms with Gasteiger partial charge >= 0.3 is 0 Å². The zero-order chi connectivity index (χ0) is 28.7. The quantitative estimate of drug-likeness (QED) is 0.244. The van der Waals surface area contributed by atoms with Crippen molar-refractivity contribution in [2.75, 3.05) is 12.3 Å². The number of benzene rings is 3. The number of hydrogen-bond donors (Lipinski definition) is 1. The van der Waals surface area contributed by atoms with Crippen molar-refractivity contribution < 1.29 is 14.3 Å². The molecule has 0 atom stereocenters. The van der Waals surface area contributed by atoms with E-state index in [2.05, 4.69) is 4.98 Å². The fourth-order valence-corrected chi connectivity index (χ4v) is 6.48. The molecule has 8 nitrogen and oxygen atoms in total. The third-order valence-electron chi connectivity index (χ3n) is 8.56. The Morgan fingerprint density at radius 2 is 1.57 bits per heavy atom. The Bertz CT molecular complexity index is 1770. The van der Waals surface area contributed by atoms with Gasteiger partial charge in [0.2, 0.25) is 0 Å². The minimum absolute atomic E-state index is 0.244. The van der Waals surface area contributed by atoms with Gasteiger partial charge in [0.15, 0.2) is 0 Å². The summed E-state index contributed by atoms with van der Waals surface area (Å²) in [6.07, 6.45) is 8.24. The van der Waals surface area contributed by atoms with Crippen LogP contribution in [0.15, 0.2) is 91.3 Å². The summed E-state index contributed by atoms with van der Waals surface area (Å²) in [5.74, 6) is 1.40. The lowest BCUT2D eigenvalue weighted by molar-refractivity contribution is 0.0588. The molecule has 2 N–H and O–H groups in total. The number of hydrogen-bond acceptors (Lipinski definition) is 6. The highest BCUT2D eigenvalue weighted by Crippen LogP contribution is 2.43. The predicted molar refractivity (Wildman–Crippen MR) is 160 cm³/mol. The third-order valence-corrected chi connectivity index (χ3v) is 8.56. The lowest BCUT2D eigenvalue weighted by atomic mass is 9.72. The highest BCUT2D eigenvalue weighted by molar-refractivity contribution is 6.21. The van der Waals surface area contributed by atoms with Crippen LogP contribution in [-0.4, -0.2) is 37.6 Å².